The van der Waals surface area contributed by atoms with E-state index >= 15 is 0 Å². The smallest absolute Gasteiger partial charge is 0.413 e. The minimum atomic E-state index is -3.85. The maximum Gasteiger partial charge on any atom is 0.413 e. The molecule has 0 heterocycles. The Morgan fingerprint density at radius 3 is 2.09 bits per heavy atom. The van der Waals surface area contributed by atoms with Crippen LogP contribution in [0, 0.1) is 5.82 Å². The van der Waals surface area contributed by atoms with Crippen LogP contribution in [0.25, 0.3) is 0 Å². The summed E-state index contributed by atoms with van der Waals surface area (Å²) < 4.78 is 45.2. The highest BCUT2D eigenvalue weighted by Crippen LogP contribution is 2.19. The van der Waals surface area contributed by atoms with Crippen molar-refractivity contribution in [1.82, 2.24) is 0 Å². The zero-order chi connectivity index (χ0) is 24.7. The Balaban J connectivity index is 1.56. The molecule has 0 saturated heterocycles. The number of amides is 2. The van der Waals surface area contributed by atoms with E-state index in [4.69, 9.17) is 4.74 Å². The third kappa shape index (κ3) is 6.55. The molecule has 3 aromatic rings. The molecule has 3 rings (SSSR count). The second-order valence-electron chi connectivity index (χ2n) is 7.29. The summed E-state index contributed by atoms with van der Waals surface area (Å²) in [7, 11) is -2.26. The molecule has 0 atom stereocenters. The molecule has 0 radical (unpaired) electrons. The number of rotatable bonds is 8. The van der Waals surface area contributed by atoms with E-state index in [1.165, 1.54) is 17.0 Å². The van der Waals surface area contributed by atoms with Crippen molar-refractivity contribution < 1.29 is 27.1 Å². The van der Waals surface area contributed by atoms with E-state index in [2.05, 4.69) is 10.0 Å². The lowest BCUT2D eigenvalue weighted by Crippen LogP contribution is -2.26. The number of carbonyl (C=O) groups is 2. The lowest BCUT2D eigenvalue weighted by atomic mass is 10.1. The SMILES string of the molecule is CCOC(=O)N(C)c1ccc(NC(=O)Cc2ccc(NS(=O)(=O)c3ccc(F)cc3)cc2)cc1. The first-order valence-electron chi connectivity index (χ1n) is 10.4. The van der Waals surface area contributed by atoms with Gasteiger partial charge in [0.2, 0.25) is 5.91 Å². The molecule has 34 heavy (non-hydrogen) atoms. The largest absolute Gasteiger partial charge is 0.449 e. The Hall–Kier alpha value is -3.92. The molecule has 0 fully saturated rings. The van der Waals surface area contributed by atoms with Gasteiger partial charge in [-0.15, -0.1) is 0 Å². The Bertz CT molecular complexity index is 1250. The van der Waals surface area contributed by atoms with Crippen LogP contribution < -0.4 is 14.9 Å². The number of halogens is 1. The highest BCUT2D eigenvalue weighted by Gasteiger charge is 2.15. The van der Waals surface area contributed by atoms with Crippen molar-refractivity contribution in [3.63, 3.8) is 0 Å². The number of nitrogens with one attached hydrogen (secondary N) is 2. The second-order valence-corrected chi connectivity index (χ2v) is 8.97. The fraction of sp³-hybridized carbons (Fsp3) is 0.167. The molecule has 178 valence electrons. The summed E-state index contributed by atoms with van der Waals surface area (Å²) in [6, 6.07) is 17.6. The van der Waals surface area contributed by atoms with Gasteiger partial charge in [-0.2, -0.15) is 0 Å². The molecule has 3 aromatic carbocycles. The van der Waals surface area contributed by atoms with E-state index in [-0.39, 0.29) is 23.8 Å². The van der Waals surface area contributed by atoms with Gasteiger partial charge in [-0.25, -0.2) is 17.6 Å². The molecular weight excluding hydrogens is 461 g/mol. The number of anilines is 3. The summed E-state index contributed by atoms with van der Waals surface area (Å²) in [4.78, 5) is 25.5. The fourth-order valence-corrected chi connectivity index (χ4v) is 4.06. The third-order valence-electron chi connectivity index (χ3n) is 4.77. The monoisotopic (exact) mass is 485 g/mol. The molecule has 0 bridgehead atoms. The van der Waals surface area contributed by atoms with Crippen LogP contribution in [-0.4, -0.2) is 34.1 Å². The van der Waals surface area contributed by atoms with Crippen molar-refractivity contribution >= 4 is 39.1 Å². The summed E-state index contributed by atoms with van der Waals surface area (Å²) >= 11 is 0. The molecule has 0 aliphatic carbocycles. The van der Waals surface area contributed by atoms with Crippen molar-refractivity contribution in [3.8, 4) is 0 Å². The van der Waals surface area contributed by atoms with Gasteiger partial charge in [0, 0.05) is 24.1 Å². The Morgan fingerprint density at radius 1 is 0.912 bits per heavy atom. The summed E-state index contributed by atoms with van der Waals surface area (Å²) in [6.45, 7) is 2.00. The van der Waals surface area contributed by atoms with Gasteiger partial charge in [-0.1, -0.05) is 12.1 Å². The van der Waals surface area contributed by atoms with Crippen LogP contribution in [0.4, 0.5) is 26.2 Å². The van der Waals surface area contributed by atoms with Gasteiger partial charge < -0.3 is 10.1 Å². The predicted octanol–water partition coefficient (Wildman–Crippen LogP) is 4.40. The average molecular weight is 486 g/mol. The van der Waals surface area contributed by atoms with Crippen molar-refractivity contribution in [3.05, 3.63) is 84.2 Å². The molecule has 2 amide bonds. The zero-order valence-electron chi connectivity index (χ0n) is 18.6. The molecule has 0 aliphatic heterocycles. The van der Waals surface area contributed by atoms with E-state index in [0.717, 1.165) is 12.1 Å². The topological polar surface area (TPSA) is 105 Å². The van der Waals surface area contributed by atoms with Crippen LogP contribution in [0.5, 0.6) is 0 Å². The van der Waals surface area contributed by atoms with E-state index in [1.54, 1.807) is 62.5 Å². The highest BCUT2D eigenvalue weighted by molar-refractivity contribution is 7.92. The van der Waals surface area contributed by atoms with Crippen molar-refractivity contribution in [2.75, 3.05) is 28.6 Å². The van der Waals surface area contributed by atoms with Crippen LogP contribution in [0.1, 0.15) is 12.5 Å². The van der Waals surface area contributed by atoms with Gasteiger partial charge in [0.15, 0.2) is 0 Å². The molecule has 0 aromatic heterocycles. The van der Waals surface area contributed by atoms with Gasteiger partial charge in [0.1, 0.15) is 5.82 Å². The standard InChI is InChI=1S/C24H24FN3O5S/c1-3-33-24(30)28(2)21-12-10-19(11-13-21)26-23(29)16-17-4-8-20(9-5-17)27-34(31,32)22-14-6-18(25)7-15-22/h4-15,27H,3,16H2,1-2H3,(H,26,29). The molecule has 8 nitrogen and oxygen atoms in total. The minimum absolute atomic E-state index is 0.0585. The van der Waals surface area contributed by atoms with Gasteiger partial charge in [0.25, 0.3) is 10.0 Å². The number of hydrogen-bond acceptors (Lipinski definition) is 5. The number of sulfonamides is 1. The van der Waals surface area contributed by atoms with Crippen LogP contribution in [0.3, 0.4) is 0 Å². The van der Waals surface area contributed by atoms with E-state index in [1.807, 2.05) is 0 Å². The lowest BCUT2D eigenvalue weighted by Gasteiger charge is -2.17. The van der Waals surface area contributed by atoms with Gasteiger partial charge in [-0.05, 0) is 73.2 Å². The van der Waals surface area contributed by atoms with Gasteiger partial charge in [-0.3, -0.25) is 14.4 Å². The normalized spacial score (nSPS) is 10.9. The highest BCUT2D eigenvalue weighted by atomic mass is 32.2. The number of hydrogen-bond donors (Lipinski definition) is 2. The number of nitrogens with zero attached hydrogens (tertiary/aromatic N) is 1. The summed E-state index contributed by atoms with van der Waals surface area (Å²) in [5.74, 6) is -0.785. The number of ether oxygens (including phenoxy) is 1. The van der Waals surface area contributed by atoms with Crippen LogP contribution in [0.2, 0.25) is 0 Å². The fourth-order valence-electron chi connectivity index (χ4n) is 3.00. The Morgan fingerprint density at radius 2 is 1.50 bits per heavy atom. The second kappa shape index (κ2) is 10.8. The molecular formula is C24H24FN3O5S. The van der Waals surface area contributed by atoms with Crippen LogP contribution in [0.15, 0.2) is 77.7 Å². The first-order chi connectivity index (χ1) is 16.2. The third-order valence-corrected chi connectivity index (χ3v) is 6.17. The van der Waals surface area contributed by atoms with Gasteiger partial charge >= 0.3 is 6.09 Å². The number of benzene rings is 3. The Labute approximate surface area is 197 Å². The molecule has 2 N–H and O–H groups in total. The molecule has 0 aliphatic rings. The lowest BCUT2D eigenvalue weighted by molar-refractivity contribution is -0.115. The Kier molecular flexibility index (Phi) is 7.85. The van der Waals surface area contributed by atoms with Crippen LogP contribution in [-0.2, 0) is 26.0 Å². The van der Waals surface area contributed by atoms with Crippen molar-refractivity contribution in [1.29, 1.82) is 0 Å². The molecule has 0 unspecified atom stereocenters. The molecule has 0 saturated carbocycles. The summed E-state index contributed by atoms with van der Waals surface area (Å²) in [6.07, 6.45) is -0.391. The van der Waals surface area contributed by atoms with E-state index < -0.39 is 21.9 Å². The summed E-state index contributed by atoms with van der Waals surface area (Å²) in [5, 5.41) is 2.77. The predicted molar refractivity (Wildman–Crippen MR) is 128 cm³/mol. The molecule has 0 spiro atoms. The average Bonchev–Trinajstić information content (AvgIpc) is 2.80. The first-order valence-corrected chi connectivity index (χ1v) is 11.8. The molecule has 10 heteroatoms. The van der Waals surface area contributed by atoms with Gasteiger partial charge in [0.05, 0.1) is 17.9 Å². The van der Waals surface area contributed by atoms with Crippen molar-refractivity contribution in [2.45, 2.75) is 18.2 Å². The van der Waals surface area contributed by atoms with E-state index in [0.29, 0.717) is 22.6 Å². The quantitative estimate of drug-likeness (QED) is 0.492. The zero-order valence-corrected chi connectivity index (χ0v) is 19.4. The van der Waals surface area contributed by atoms with Crippen LogP contribution >= 0.6 is 0 Å². The maximum absolute atomic E-state index is 13.0. The minimum Gasteiger partial charge on any atom is -0.449 e. The first kappa shape index (κ1) is 24.7. The van der Waals surface area contributed by atoms with E-state index in [9.17, 15) is 22.4 Å². The number of carbonyl (C=O) groups excluding carboxylic acids is 2. The maximum atomic E-state index is 13.0. The van der Waals surface area contributed by atoms with Crippen molar-refractivity contribution in [2.24, 2.45) is 0 Å². The summed E-state index contributed by atoms with van der Waals surface area (Å²) in [5.41, 5.74) is 2.18.